The van der Waals surface area contributed by atoms with Crippen molar-refractivity contribution in [2.24, 2.45) is 5.41 Å². The molecule has 1 N–H and O–H groups in total. The van der Waals surface area contributed by atoms with Crippen LogP contribution in [0.3, 0.4) is 0 Å². The fourth-order valence-electron chi connectivity index (χ4n) is 3.02. The Bertz CT molecular complexity index is 371. The van der Waals surface area contributed by atoms with Gasteiger partial charge in [0.05, 0.1) is 18.0 Å². The highest BCUT2D eigenvalue weighted by molar-refractivity contribution is 5.04. The molecule has 0 aromatic carbocycles. The van der Waals surface area contributed by atoms with E-state index in [4.69, 9.17) is 9.15 Å². The average Bonchev–Trinajstić information content (AvgIpc) is 2.85. The largest absolute Gasteiger partial charge is 0.469 e. The molecule has 1 aliphatic carbocycles. The molecule has 0 radical (unpaired) electrons. The molecule has 1 unspecified atom stereocenters. The summed E-state index contributed by atoms with van der Waals surface area (Å²) in [6.45, 7) is 7.24. The van der Waals surface area contributed by atoms with E-state index in [-0.39, 0.29) is 0 Å². The van der Waals surface area contributed by atoms with Gasteiger partial charge in [0.15, 0.2) is 0 Å². The second kappa shape index (κ2) is 5.68. The van der Waals surface area contributed by atoms with Crippen molar-refractivity contribution in [2.75, 3.05) is 6.61 Å². The molecule has 3 nitrogen and oxygen atoms in total. The lowest BCUT2D eigenvalue weighted by Gasteiger charge is -2.45. The molecule has 0 bridgehead atoms. The Balaban J connectivity index is 2.06. The van der Waals surface area contributed by atoms with Crippen LogP contribution in [0.4, 0.5) is 0 Å². The lowest BCUT2D eigenvalue weighted by molar-refractivity contribution is -0.151. The van der Waals surface area contributed by atoms with Gasteiger partial charge in [-0.1, -0.05) is 13.8 Å². The highest BCUT2D eigenvalue weighted by Gasteiger charge is 2.44. The van der Waals surface area contributed by atoms with Crippen LogP contribution in [0.2, 0.25) is 0 Å². The molecular formula is C16H26O3. The second-order valence-electron chi connectivity index (χ2n) is 6.46. The van der Waals surface area contributed by atoms with E-state index in [1.54, 1.807) is 6.26 Å². The summed E-state index contributed by atoms with van der Waals surface area (Å²) in [6.07, 6.45) is 5.75. The van der Waals surface area contributed by atoms with Crippen molar-refractivity contribution in [2.45, 2.75) is 64.6 Å². The van der Waals surface area contributed by atoms with Gasteiger partial charge in [-0.15, -0.1) is 0 Å². The van der Waals surface area contributed by atoms with Crippen LogP contribution in [-0.2, 0) is 11.2 Å². The van der Waals surface area contributed by atoms with Gasteiger partial charge < -0.3 is 14.3 Å². The predicted molar refractivity (Wildman–Crippen MR) is 75.0 cm³/mol. The second-order valence-corrected chi connectivity index (χ2v) is 6.46. The van der Waals surface area contributed by atoms with Gasteiger partial charge in [0.1, 0.15) is 5.76 Å². The van der Waals surface area contributed by atoms with E-state index in [9.17, 15) is 5.11 Å². The molecule has 0 amide bonds. The van der Waals surface area contributed by atoms with Crippen molar-refractivity contribution in [3.63, 3.8) is 0 Å². The van der Waals surface area contributed by atoms with Crippen LogP contribution in [0.15, 0.2) is 22.8 Å². The summed E-state index contributed by atoms with van der Waals surface area (Å²) in [7, 11) is 0. The number of hydrogen-bond acceptors (Lipinski definition) is 3. The van der Waals surface area contributed by atoms with Crippen LogP contribution in [0.5, 0.6) is 0 Å². The molecular weight excluding hydrogens is 240 g/mol. The number of hydrogen-bond donors (Lipinski definition) is 1. The first-order valence-corrected chi connectivity index (χ1v) is 7.32. The summed E-state index contributed by atoms with van der Waals surface area (Å²) in [4.78, 5) is 0. The minimum atomic E-state index is -0.491. The monoisotopic (exact) mass is 266 g/mol. The SMILES string of the molecule is CCOC1(C(O)Cc2ccco2)CCC(C)(C)CC1. The van der Waals surface area contributed by atoms with Crippen molar-refractivity contribution >= 4 is 0 Å². The Labute approximate surface area is 116 Å². The lowest BCUT2D eigenvalue weighted by Crippen LogP contribution is -2.50. The normalized spacial score (nSPS) is 23.2. The number of ether oxygens (including phenoxy) is 1. The smallest absolute Gasteiger partial charge is 0.106 e. The third kappa shape index (κ3) is 3.40. The lowest BCUT2D eigenvalue weighted by atomic mass is 9.68. The highest BCUT2D eigenvalue weighted by atomic mass is 16.5. The van der Waals surface area contributed by atoms with Crippen molar-refractivity contribution in [3.05, 3.63) is 24.2 Å². The minimum Gasteiger partial charge on any atom is -0.469 e. The summed E-state index contributed by atoms with van der Waals surface area (Å²) in [6, 6.07) is 3.77. The standard InChI is InChI=1S/C16H26O3/c1-4-19-16(9-7-15(2,3)8-10-16)14(17)12-13-6-5-11-18-13/h5-6,11,14,17H,4,7-10,12H2,1-3H3. The number of rotatable bonds is 5. The first kappa shape index (κ1) is 14.6. The van der Waals surface area contributed by atoms with E-state index in [1.165, 1.54) is 0 Å². The minimum absolute atomic E-state index is 0.366. The molecule has 1 heterocycles. The average molecular weight is 266 g/mol. The van der Waals surface area contributed by atoms with E-state index < -0.39 is 11.7 Å². The molecule has 1 saturated carbocycles. The topological polar surface area (TPSA) is 42.6 Å². The molecule has 1 aliphatic rings. The van der Waals surface area contributed by atoms with E-state index in [0.29, 0.717) is 18.4 Å². The predicted octanol–water partition coefficient (Wildman–Crippen LogP) is 3.56. The first-order valence-electron chi connectivity index (χ1n) is 7.32. The molecule has 0 saturated heterocycles. The highest BCUT2D eigenvalue weighted by Crippen LogP contribution is 2.44. The van der Waals surface area contributed by atoms with Crippen molar-refractivity contribution in [3.8, 4) is 0 Å². The summed E-state index contributed by atoms with van der Waals surface area (Å²) in [5, 5.41) is 10.6. The van der Waals surface area contributed by atoms with Crippen molar-refractivity contribution in [1.29, 1.82) is 0 Å². The van der Waals surface area contributed by atoms with Crippen molar-refractivity contribution in [1.82, 2.24) is 0 Å². The molecule has 19 heavy (non-hydrogen) atoms. The van der Waals surface area contributed by atoms with Crippen molar-refractivity contribution < 1.29 is 14.3 Å². The van der Waals surface area contributed by atoms with Gasteiger partial charge in [-0.2, -0.15) is 0 Å². The van der Waals surface area contributed by atoms with Gasteiger partial charge in [-0.3, -0.25) is 0 Å². The van der Waals surface area contributed by atoms with Gasteiger partial charge in [0.25, 0.3) is 0 Å². The maximum absolute atomic E-state index is 10.6. The Morgan fingerprint density at radius 2 is 2.00 bits per heavy atom. The number of aliphatic hydroxyl groups is 1. The van der Waals surface area contributed by atoms with Gasteiger partial charge in [0, 0.05) is 13.0 Å². The fraction of sp³-hybridized carbons (Fsp3) is 0.750. The van der Waals surface area contributed by atoms with E-state index in [0.717, 1.165) is 31.4 Å². The summed E-state index contributed by atoms with van der Waals surface area (Å²) >= 11 is 0. The van der Waals surface area contributed by atoms with E-state index in [2.05, 4.69) is 13.8 Å². The molecule has 1 aromatic rings. The molecule has 1 atom stereocenters. The molecule has 108 valence electrons. The molecule has 0 spiro atoms. The Hall–Kier alpha value is -0.800. The van der Waals surface area contributed by atoms with E-state index in [1.807, 2.05) is 19.1 Å². The molecule has 1 fully saturated rings. The first-order chi connectivity index (χ1) is 8.97. The zero-order valence-electron chi connectivity index (χ0n) is 12.3. The molecule has 0 aliphatic heterocycles. The number of furan rings is 1. The van der Waals surface area contributed by atoms with Crippen LogP contribution in [-0.4, -0.2) is 23.4 Å². The third-order valence-corrected chi connectivity index (χ3v) is 4.46. The third-order valence-electron chi connectivity index (χ3n) is 4.46. The van der Waals surface area contributed by atoms with Crippen LogP contribution in [0.1, 0.15) is 52.2 Å². The van der Waals surface area contributed by atoms with Gasteiger partial charge in [-0.25, -0.2) is 0 Å². The zero-order valence-corrected chi connectivity index (χ0v) is 12.3. The summed E-state index contributed by atoms with van der Waals surface area (Å²) in [5.41, 5.74) is -0.0257. The quantitative estimate of drug-likeness (QED) is 0.886. The van der Waals surface area contributed by atoms with Crippen LogP contribution in [0, 0.1) is 5.41 Å². The molecule has 3 heteroatoms. The van der Waals surface area contributed by atoms with Crippen LogP contribution < -0.4 is 0 Å². The van der Waals surface area contributed by atoms with Gasteiger partial charge in [-0.05, 0) is 50.2 Å². The Kier molecular flexibility index (Phi) is 4.36. The van der Waals surface area contributed by atoms with E-state index >= 15 is 0 Å². The fourth-order valence-corrected chi connectivity index (χ4v) is 3.02. The van der Waals surface area contributed by atoms with Gasteiger partial charge in [0.2, 0.25) is 0 Å². The Morgan fingerprint density at radius 3 is 2.53 bits per heavy atom. The zero-order chi connectivity index (χ0) is 13.9. The summed E-state index contributed by atoms with van der Waals surface area (Å²) < 4.78 is 11.3. The summed E-state index contributed by atoms with van der Waals surface area (Å²) in [5.74, 6) is 0.830. The van der Waals surface area contributed by atoms with Gasteiger partial charge >= 0.3 is 0 Å². The van der Waals surface area contributed by atoms with Crippen LogP contribution >= 0.6 is 0 Å². The maximum atomic E-state index is 10.6. The molecule has 2 rings (SSSR count). The number of aliphatic hydroxyl groups excluding tert-OH is 1. The molecule has 1 aromatic heterocycles. The maximum Gasteiger partial charge on any atom is 0.106 e. The Morgan fingerprint density at radius 1 is 1.32 bits per heavy atom. The van der Waals surface area contributed by atoms with Crippen LogP contribution in [0.25, 0.3) is 0 Å².